The van der Waals surface area contributed by atoms with Crippen LogP contribution < -0.4 is 0 Å². The van der Waals surface area contributed by atoms with Crippen LogP contribution in [0.3, 0.4) is 0 Å². The van der Waals surface area contributed by atoms with Gasteiger partial charge in [0.15, 0.2) is 0 Å². The first-order chi connectivity index (χ1) is 5.88. The van der Waals surface area contributed by atoms with Gasteiger partial charge in [-0.05, 0) is 13.3 Å². The summed E-state index contributed by atoms with van der Waals surface area (Å²) >= 11 is 0. The quantitative estimate of drug-likeness (QED) is 0.501. The van der Waals surface area contributed by atoms with E-state index in [1.165, 1.54) is 13.3 Å². The van der Waals surface area contributed by atoms with Crippen molar-refractivity contribution in [1.82, 2.24) is 5.12 Å². The topological polar surface area (TPSA) is 28.0 Å². The Labute approximate surface area is 74.9 Å². The van der Waals surface area contributed by atoms with Gasteiger partial charge >= 0.3 is 6.18 Å². The van der Waals surface area contributed by atoms with Gasteiger partial charge in [0, 0.05) is 13.3 Å². The summed E-state index contributed by atoms with van der Waals surface area (Å²) in [5.41, 5.74) is -0.914. The van der Waals surface area contributed by atoms with E-state index in [1.54, 1.807) is 0 Å². The smallest absolute Gasteiger partial charge is 0.188 e. The number of rotatable bonds is 3. The Kier molecular flexibility index (Phi) is 4.44. The van der Waals surface area contributed by atoms with Crippen molar-refractivity contribution >= 4 is 11.9 Å². The van der Waals surface area contributed by atoms with Crippen LogP contribution in [0.15, 0.2) is 10.2 Å². The Morgan fingerprint density at radius 2 is 2.00 bits per heavy atom. The minimum atomic E-state index is -4.38. The molecule has 0 aliphatic heterocycles. The third kappa shape index (κ3) is 5.21. The molecule has 0 aliphatic carbocycles. The fraction of sp³-hybridized carbons (Fsp3) is 0.714. The average Bonchev–Trinajstić information content (AvgIpc) is 1.99. The molecule has 6 heteroatoms. The van der Waals surface area contributed by atoms with Crippen LogP contribution in [0.1, 0.15) is 20.3 Å². The van der Waals surface area contributed by atoms with Crippen molar-refractivity contribution in [2.45, 2.75) is 26.4 Å². The van der Waals surface area contributed by atoms with Crippen LogP contribution in [0, 0.1) is 0 Å². The zero-order chi connectivity index (χ0) is 10.5. The minimum Gasteiger partial charge on any atom is -0.188 e. The molecule has 0 aromatic rings. The molecule has 0 heterocycles. The molecular weight excluding hydrogens is 183 g/mol. The molecule has 0 fully saturated rings. The maximum Gasteiger partial charge on any atom is 0.430 e. The molecule has 76 valence electrons. The molecule has 0 saturated carbocycles. The van der Waals surface area contributed by atoms with Gasteiger partial charge in [-0.1, -0.05) is 6.92 Å². The number of nitrogens with zero attached hydrogens (tertiary/aromatic N) is 3. The van der Waals surface area contributed by atoms with Gasteiger partial charge < -0.3 is 0 Å². The van der Waals surface area contributed by atoms with Crippen molar-refractivity contribution in [1.29, 1.82) is 0 Å². The van der Waals surface area contributed by atoms with Gasteiger partial charge in [-0.25, -0.2) is 0 Å². The molecule has 0 unspecified atom stereocenters. The van der Waals surface area contributed by atoms with Crippen molar-refractivity contribution in [3.05, 3.63) is 0 Å². The summed E-state index contributed by atoms with van der Waals surface area (Å²) in [5, 5.41) is 7.72. The van der Waals surface area contributed by atoms with E-state index < -0.39 is 11.9 Å². The zero-order valence-corrected chi connectivity index (χ0v) is 7.76. The predicted octanol–water partition coefficient (Wildman–Crippen LogP) is 2.25. The zero-order valence-electron chi connectivity index (χ0n) is 7.76. The van der Waals surface area contributed by atoms with E-state index >= 15 is 0 Å². The van der Waals surface area contributed by atoms with E-state index in [2.05, 4.69) is 10.2 Å². The predicted molar refractivity (Wildman–Crippen MR) is 45.7 cm³/mol. The Morgan fingerprint density at radius 1 is 1.46 bits per heavy atom. The lowest BCUT2D eigenvalue weighted by molar-refractivity contribution is -0.0605. The first-order valence-electron chi connectivity index (χ1n) is 3.76. The summed E-state index contributed by atoms with van der Waals surface area (Å²) in [7, 11) is 1.35. The molecule has 0 aromatic carbocycles. The summed E-state index contributed by atoms with van der Waals surface area (Å²) in [4.78, 5) is 0. The Morgan fingerprint density at radius 3 is 2.38 bits per heavy atom. The Hall–Kier alpha value is -1.07. The fourth-order valence-electron chi connectivity index (χ4n) is 0.499. The molecule has 3 nitrogen and oxygen atoms in total. The van der Waals surface area contributed by atoms with Crippen LogP contribution >= 0.6 is 0 Å². The summed E-state index contributed by atoms with van der Waals surface area (Å²) in [5.74, 6) is 0. The maximum absolute atomic E-state index is 11.9. The van der Waals surface area contributed by atoms with Crippen LogP contribution in [0.2, 0.25) is 0 Å². The molecule has 0 rings (SSSR count). The number of hydrogen-bond donors (Lipinski definition) is 0. The normalized spacial score (nSPS) is 13.8. The second kappa shape index (κ2) is 4.84. The average molecular weight is 195 g/mol. The molecule has 0 aromatic heterocycles. The van der Waals surface area contributed by atoms with E-state index in [0.29, 0.717) is 6.42 Å². The van der Waals surface area contributed by atoms with Crippen LogP contribution in [0.5, 0.6) is 0 Å². The summed E-state index contributed by atoms with van der Waals surface area (Å²) in [6.07, 6.45) is -2.24. The fourth-order valence-corrected chi connectivity index (χ4v) is 0.499. The lowest BCUT2D eigenvalue weighted by Crippen LogP contribution is -2.22. The van der Waals surface area contributed by atoms with Crippen LogP contribution in [0.4, 0.5) is 13.2 Å². The first-order valence-corrected chi connectivity index (χ1v) is 3.76. The van der Waals surface area contributed by atoms with E-state index in [1.807, 2.05) is 6.92 Å². The van der Waals surface area contributed by atoms with E-state index in [9.17, 15) is 13.2 Å². The van der Waals surface area contributed by atoms with E-state index in [0.717, 1.165) is 12.0 Å². The minimum absolute atomic E-state index is 0.658. The van der Waals surface area contributed by atoms with Crippen molar-refractivity contribution in [2.75, 3.05) is 7.05 Å². The summed E-state index contributed by atoms with van der Waals surface area (Å²) in [6.45, 7) is 2.73. The molecule has 0 saturated heterocycles. The van der Waals surface area contributed by atoms with E-state index in [4.69, 9.17) is 0 Å². The van der Waals surface area contributed by atoms with Gasteiger partial charge in [-0.3, -0.25) is 0 Å². The molecule has 0 aliphatic rings. The standard InChI is InChI=1S/C7H12F3N3/c1-4-5-11-13(3)12-6(2)7(8,9)10/h5H,4H2,1-3H3/b11-5-,12-6+. The van der Waals surface area contributed by atoms with Crippen molar-refractivity contribution in [3.8, 4) is 0 Å². The maximum atomic E-state index is 11.9. The Bertz CT molecular complexity index is 208. The molecule has 0 radical (unpaired) electrons. The molecule has 0 bridgehead atoms. The number of alkyl halides is 3. The third-order valence-corrected chi connectivity index (χ3v) is 1.14. The Balaban J connectivity index is 4.30. The molecule has 0 N–H and O–H groups in total. The van der Waals surface area contributed by atoms with Crippen LogP contribution in [0.25, 0.3) is 0 Å². The van der Waals surface area contributed by atoms with Gasteiger partial charge in [-0.2, -0.15) is 28.5 Å². The third-order valence-electron chi connectivity index (χ3n) is 1.14. The second-order valence-corrected chi connectivity index (χ2v) is 2.38. The summed E-state index contributed by atoms with van der Waals surface area (Å²) in [6, 6.07) is 0. The van der Waals surface area contributed by atoms with E-state index in [-0.39, 0.29) is 0 Å². The highest BCUT2D eigenvalue weighted by Gasteiger charge is 2.32. The van der Waals surface area contributed by atoms with Crippen LogP contribution in [-0.4, -0.2) is 30.3 Å². The van der Waals surface area contributed by atoms with Crippen LogP contribution in [-0.2, 0) is 0 Å². The molecule has 0 spiro atoms. The van der Waals surface area contributed by atoms with Gasteiger partial charge in [0.05, 0.1) is 0 Å². The molecule has 0 amide bonds. The van der Waals surface area contributed by atoms with Crippen molar-refractivity contribution in [2.24, 2.45) is 10.2 Å². The van der Waals surface area contributed by atoms with Gasteiger partial charge in [0.1, 0.15) is 5.71 Å². The van der Waals surface area contributed by atoms with Gasteiger partial charge in [0.2, 0.25) is 0 Å². The first kappa shape index (κ1) is 11.9. The SMILES string of the molecule is CC/C=N\N(C)/N=C(\C)C(F)(F)F. The number of halogens is 3. The molecular formula is C7H12F3N3. The largest absolute Gasteiger partial charge is 0.430 e. The highest BCUT2D eigenvalue weighted by atomic mass is 19.4. The lowest BCUT2D eigenvalue weighted by atomic mass is 10.4. The highest BCUT2D eigenvalue weighted by molar-refractivity contribution is 5.87. The molecule has 13 heavy (non-hydrogen) atoms. The van der Waals surface area contributed by atoms with Crippen molar-refractivity contribution < 1.29 is 13.2 Å². The molecule has 0 atom stereocenters. The summed E-state index contributed by atoms with van der Waals surface area (Å²) < 4.78 is 35.8. The number of hydrazone groups is 2. The van der Waals surface area contributed by atoms with Gasteiger partial charge in [-0.15, -0.1) is 0 Å². The second-order valence-electron chi connectivity index (χ2n) is 2.38. The van der Waals surface area contributed by atoms with Gasteiger partial charge in [0.25, 0.3) is 0 Å². The highest BCUT2D eigenvalue weighted by Crippen LogP contribution is 2.17. The van der Waals surface area contributed by atoms with Crippen molar-refractivity contribution in [3.63, 3.8) is 0 Å². The monoisotopic (exact) mass is 195 g/mol. The number of hydrogen-bond acceptors (Lipinski definition) is 3. The lowest BCUT2D eigenvalue weighted by Gasteiger charge is -2.09.